The lowest BCUT2D eigenvalue weighted by atomic mass is 9.81. The summed E-state index contributed by atoms with van der Waals surface area (Å²) in [5.74, 6) is 0.312. The van der Waals surface area contributed by atoms with E-state index in [1.54, 1.807) is 24.3 Å². The fraction of sp³-hybridized carbons (Fsp3) is 0.371. The van der Waals surface area contributed by atoms with Crippen molar-refractivity contribution in [2.24, 2.45) is 17.6 Å². The average molecular weight is 672 g/mol. The molecular formula is C35H42ClN9O3. The van der Waals surface area contributed by atoms with Gasteiger partial charge in [0.15, 0.2) is 0 Å². The summed E-state index contributed by atoms with van der Waals surface area (Å²) < 4.78 is 0. The number of benzene rings is 3. The Bertz CT molecular complexity index is 1630. The van der Waals surface area contributed by atoms with Gasteiger partial charge in [-0.15, -0.1) is 22.6 Å². The molecule has 2 aliphatic rings. The topological polar surface area (TPSA) is 180 Å². The maximum atomic E-state index is 13.6. The summed E-state index contributed by atoms with van der Waals surface area (Å²) in [7, 11) is 0. The first-order valence-electron chi connectivity index (χ1n) is 16.3. The van der Waals surface area contributed by atoms with Crippen molar-refractivity contribution in [3.63, 3.8) is 0 Å². The molecule has 1 aliphatic heterocycles. The van der Waals surface area contributed by atoms with Crippen molar-refractivity contribution < 1.29 is 14.4 Å². The number of rotatable bonds is 11. The zero-order valence-corrected chi connectivity index (χ0v) is 27.5. The second kappa shape index (κ2) is 16.4. The first-order chi connectivity index (χ1) is 22.9. The Morgan fingerprint density at radius 1 is 0.854 bits per heavy atom. The molecule has 3 amide bonds. The van der Waals surface area contributed by atoms with Crippen LogP contribution in [-0.2, 0) is 16.0 Å². The standard InChI is InChI=1S/C35H41N9O3.ClH/c36-20-23-3-7-27(8-4-23)34(46)40-31(35(47)38-29-15-13-26(14-16-29)32-41-43-44-42-32)19-22-1-5-24(6-2-22)25-9-11-28(12-10-25)33(45)39-30-17-18-37-21-30;/h1-2,5-6,9-16,23,27,30-31,37H,3-4,7-8,17-21,36H2,(H,38,47)(H,39,45)(H,40,46)(H,41,42,43,44);1H/t23?,27?,30-,31+;/m1./s1. The molecule has 1 aliphatic carbocycles. The Hall–Kier alpha value is -4.65. The largest absolute Gasteiger partial charge is 0.348 e. The Morgan fingerprint density at radius 2 is 1.52 bits per heavy atom. The van der Waals surface area contributed by atoms with Crippen LogP contribution in [0, 0.1) is 11.8 Å². The fourth-order valence-electron chi connectivity index (χ4n) is 6.30. The Morgan fingerprint density at radius 3 is 2.12 bits per heavy atom. The predicted octanol–water partition coefficient (Wildman–Crippen LogP) is 3.48. The minimum atomic E-state index is -0.773. The van der Waals surface area contributed by atoms with Crippen LogP contribution >= 0.6 is 12.4 Å². The molecule has 4 aromatic rings. The van der Waals surface area contributed by atoms with Crippen LogP contribution in [-0.4, -0.2) is 70.1 Å². The van der Waals surface area contributed by atoms with Gasteiger partial charge in [-0.25, -0.2) is 0 Å². The predicted molar refractivity (Wildman–Crippen MR) is 186 cm³/mol. The summed E-state index contributed by atoms with van der Waals surface area (Å²) >= 11 is 0. The average Bonchev–Trinajstić information content (AvgIpc) is 3.84. The molecule has 252 valence electrons. The molecule has 13 heteroatoms. The molecule has 3 aromatic carbocycles. The van der Waals surface area contributed by atoms with Crippen molar-refractivity contribution in [3.8, 4) is 22.5 Å². The number of tetrazole rings is 1. The van der Waals surface area contributed by atoms with Gasteiger partial charge in [0.2, 0.25) is 17.6 Å². The van der Waals surface area contributed by atoms with E-state index >= 15 is 0 Å². The first-order valence-corrected chi connectivity index (χ1v) is 16.3. The molecule has 0 spiro atoms. The number of nitrogens with one attached hydrogen (secondary N) is 5. The fourth-order valence-corrected chi connectivity index (χ4v) is 6.30. The molecule has 1 saturated heterocycles. The van der Waals surface area contributed by atoms with Crippen molar-refractivity contribution >= 4 is 35.8 Å². The second-order valence-corrected chi connectivity index (χ2v) is 12.5. The van der Waals surface area contributed by atoms with E-state index < -0.39 is 6.04 Å². The molecule has 1 saturated carbocycles. The van der Waals surface area contributed by atoms with Crippen LogP contribution < -0.4 is 27.0 Å². The van der Waals surface area contributed by atoms with Crippen LogP contribution in [0.1, 0.15) is 48.0 Å². The quantitative estimate of drug-likeness (QED) is 0.140. The van der Waals surface area contributed by atoms with Gasteiger partial charge < -0.3 is 27.0 Å². The zero-order chi connectivity index (χ0) is 32.6. The number of hydrogen-bond donors (Lipinski definition) is 6. The number of carbonyl (C=O) groups excluding carboxylic acids is 3. The van der Waals surface area contributed by atoms with Gasteiger partial charge in [-0.2, -0.15) is 5.21 Å². The van der Waals surface area contributed by atoms with E-state index in [4.69, 9.17) is 5.73 Å². The SMILES string of the molecule is Cl.NCC1CCC(C(=O)N[C@@H](Cc2ccc(-c3ccc(C(=O)N[C@@H]4CCNC4)cc3)cc2)C(=O)Nc2ccc(-c3nn[nH]n3)cc2)CC1. The highest BCUT2D eigenvalue weighted by Crippen LogP contribution is 2.28. The normalized spacial score (nSPS) is 19.5. The van der Waals surface area contributed by atoms with E-state index in [9.17, 15) is 14.4 Å². The number of amides is 3. The smallest absolute Gasteiger partial charge is 0.251 e. The van der Waals surface area contributed by atoms with Gasteiger partial charge in [0.05, 0.1) is 0 Å². The number of anilines is 1. The van der Waals surface area contributed by atoms with Crippen molar-refractivity contribution in [1.82, 2.24) is 36.6 Å². The maximum absolute atomic E-state index is 13.6. The van der Waals surface area contributed by atoms with Crippen LogP contribution in [0.5, 0.6) is 0 Å². The van der Waals surface area contributed by atoms with E-state index in [0.29, 0.717) is 36.0 Å². The van der Waals surface area contributed by atoms with Gasteiger partial charge in [0.25, 0.3) is 5.91 Å². The maximum Gasteiger partial charge on any atom is 0.251 e. The van der Waals surface area contributed by atoms with Gasteiger partial charge >= 0.3 is 0 Å². The number of hydrogen-bond acceptors (Lipinski definition) is 8. The third-order valence-corrected chi connectivity index (χ3v) is 9.21. The number of aromatic nitrogens is 4. The summed E-state index contributed by atoms with van der Waals surface area (Å²) in [6.07, 6.45) is 4.64. The number of halogens is 1. The summed E-state index contributed by atoms with van der Waals surface area (Å²) in [6, 6.07) is 22.0. The summed E-state index contributed by atoms with van der Waals surface area (Å²) in [5.41, 5.74) is 10.7. The number of nitrogens with zero attached hydrogens (tertiary/aromatic N) is 3. The van der Waals surface area contributed by atoms with Crippen LogP contribution in [0.2, 0.25) is 0 Å². The highest BCUT2D eigenvalue weighted by Gasteiger charge is 2.29. The highest BCUT2D eigenvalue weighted by atomic mass is 35.5. The van der Waals surface area contributed by atoms with E-state index in [0.717, 1.165) is 67.4 Å². The molecule has 2 atom stereocenters. The molecule has 0 radical (unpaired) electrons. The second-order valence-electron chi connectivity index (χ2n) is 12.5. The Labute approximate surface area is 285 Å². The number of nitrogens with two attached hydrogens (primary N) is 1. The van der Waals surface area contributed by atoms with Gasteiger partial charge in [-0.1, -0.05) is 36.4 Å². The first kappa shape index (κ1) is 34.7. The van der Waals surface area contributed by atoms with Crippen molar-refractivity contribution in [2.75, 3.05) is 25.0 Å². The third kappa shape index (κ3) is 8.82. The van der Waals surface area contributed by atoms with E-state index in [1.165, 1.54) is 0 Å². The highest BCUT2D eigenvalue weighted by molar-refractivity contribution is 5.98. The summed E-state index contributed by atoms with van der Waals surface area (Å²) in [5, 5.41) is 26.3. The van der Waals surface area contributed by atoms with Crippen LogP contribution in [0.4, 0.5) is 5.69 Å². The van der Waals surface area contributed by atoms with Crippen molar-refractivity contribution in [1.29, 1.82) is 0 Å². The van der Waals surface area contributed by atoms with Crippen molar-refractivity contribution in [3.05, 3.63) is 83.9 Å². The molecule has 12 nitrogen and oxygen atoms in total. The Kier molecular flexibility index (Phi) is 11.9. The molecule has 0 bridgehead atoms. The molecule has 1 aromatic heterocycles. The zero-order valence-electron chi connectivity index (χ0n) is 26.7. The minimum absolute atomic E-state index is 0. The van der Waals surface area contributed by atoms with Gasteiger partial charge in [0.1, 0.15) is 6.04 Å². The lowest BCUT2D eigenvalue weighted by Gasteiger charge is -2.28. The number of aromatic amines is 1. The molecule has 2 fully saturated rings. The molecule has 48 heavy (non-hydrogen) atoms. The molecule has 6 rings (SSSR count). The van der Waals surface area contributed by atoms with Crippen molar-refractivity contribution in [2.45, 2.75) is 50.6 Å². The van der Waals surface area contributed by atoms with Crippen LogP contribution in [0.3, 0.4) is 0 Å². The van der Waals surface area contributed by atoms with E-state index in [1.807, 2.05) is 48.5 Å². The monoisotopic (exact) mass is 671 g/mol. The van der Waals surface area contributed by atoms with Gasteiger partial charge in [-0.05, 0) is 109 Å². The minimum Gasteiger partial charge on any atom is -0.348 e. The van der Waals surface area contributed by atoms with E-state index in [2.05, 4.69) is 41.9 Å². The lowest BCUT2D eigenvalue weighted by Crippen LogP contribution is -2.48. The molecule has 7 N–H and O–H groups in total. The summed E-state index contributed by atoms with van der Waals surface area (Å²) in [6.45, 7) is 2.36. The molecule has 2 heterocycles. The molecule has 0 unspecified atom stereocenters. The number of carbonyl (C=O) groups is 3. The Balaban J connectivity index is 0.00000451. The van der Waals surface area contributed by atoms with Crippen LogP contribution in [0.15, 0.2) is 72.8 Å². The summed E-state index contributed by atoms with van der Waals surface area (Å²) in [4.78, 5) is 39.6. The number of H-pyrrole nitrogens is 1. The third-order valence-electron chi connectivity index (χ3n) is 9.21. The molecular weight excluding hydrogens is 630 g/mol. The van der Waals surface area contributed by atoms with E-state index in [-0.39, 0.29) is 42.1 Å². The van der Waals surface area contributed by atoms with Gasteiger partial charge in [-0.3, -0.25) is 14.4 Å². The van der Waals surface area contributed by atoms with Gasteiger partial charge in [0, 0.05) is 41.7 Å². The van der Waals surface area contributed by atoms with Crippen LogP contribution in [0.25, 0.3) is 22.5 Å². The lowest BCUT2D eigenvalue weighted by molar-refractivity contribution is -0.130.